The normalized spacial score (nSPS) is 18.2. The van der Waals surface area contributed by atoms with Crippen LogP contribution in [-0.2, 0) is 11.2 Å². The number of hydrogen-bond acceptors (Lipinski definition) is 2. The molecule has 16 heavy (non-hydrogen) atoms. The molecular formula is C12H17ClN2O. The first-order chi connectivity index (χ1) is 7.29. The van der Waals surface area contributed by atoms with E-state index in [4.69, 9.17) is 0 Å². The van der Waals surface area contributed by atoms with E-state index in [0.717, 1.165) is 25.1 Å². The average molecular weight is 241 g/mol. The van der Waals surface area contributed by atoms with Gasteiger partial charge in [0.25, 0.3) is 0 Å². The van der Waals surface area contributed by atoms with Gasteiger partial charge in [0.1, 0.15) is 0 Å². The van der Waals surface area contributed by atoms with E-state index in [0.29, 0.717) is 0 Å². The Bertz CT molecular complexity index is 364. The van der Waals surface area contributed by atoms with Gasteiger partial charge in [-0.2, -0.15) is 0 Å². The molecule has 0 aromatic heterocycles. The molecule has 1 aromatic carbocycles. The second-order valence-electron chi connectivity index (χ2n) is 3.84. The molecule has 1 fully saturated rings. The van der Waals surface area contributed by atoms with Gasteiger partial charge in [0.15, 0.2) is 0 Å². The lowest BCUT2D eigenvalue weighted by Gasteiger charge is -2.26. The zero-order chi connectivity index (χ0) is 10.7. The van der Waals surface area contributed by atoms with Gasteiger partial charge in [0, 0.05) is 5.69 Å². The third kappa shape index (κ3) is 2.97. The van der Waals surface area contributed by atoms with Gasteiger partial charge in [0.2, 0.25) is 5.91 Å². The monoisotopic (exact) mass is 240 g/mol. The number of hydrogen-bond donors (Lipinski definition) is 2. The van der Waals surface area contributed by atoms with E-state index in [1.165, 1.54) is 5.56 Å². The Hall–Kier alpha value is -1.06. The van der Waals surface area contributed by atoms with Gasteiger partial charge in [-0.25, -0.2) is 0 Å². The molecule has 0 aliphatic carbocycles. The van der Waals surface area contributed by atoms with Crippen LogP contribution in [0.15, 0.2) is 24.3 Å². The van der Waals surface area contributed by atoms with E-state index in [2.05, 4.69) is 23.6 Å². The predicted octanol–water partition coefficient (Wildman–Crippen LogP) is 1.97. The van der Waals surface area contributed by atoms with Gasteiger partial charge in [-0.1, -0.05) is 19.1 Å². The van der Waals surface area contributed by atoms with E-state index in [1.54, 1.807) is 0 Å². The summed E-state index contributed by atoms with van der Waals surface area (Å²) in [5, 5.41) is 6.00. The number of amides is 1. The number of benzene rings is 1. The van der Waals surface area contributed by atoms with Crippen molar-refractivity contribution in [1.82, 2.24) is 5.32 Å². The van der Waals surface area contributed by atoms with Crippen LogP contribution in [0.2, 0.25) is 0 Å². The fraction of sp³-hybridized carbons (Fsp3) is 0.417. The van der Waals surface area contributed by atoms with E-state index in [9.17, 15) is 4.79 Å². The SMILES string of the molecule is CCc1cccc(NC(=O)[C@H]2CCN2)c1.Cl. The molecule has 0 radical (unpaired) electrons. The number of carbonyl (C=O) groups is 1. The first kappa shape index (κ1) is 13.0. The number of aryl methyl sites for hydroxylation is 1. The quantitative estimate of drug-likeness (QED) is 0.848. The highest BCUT2D eigenvalue weighted by Gasteiger charge is 2.24. The molecule has 0 unspecified atom stereocenters. The van der Waals surface area contributed by atoms with E-state index in [1.807, 2.05) is 18.2 Å². The van der Waals surface area contributed by atoms with Crippen molar-refractivity contribution in [2.75, 3.05) is 11.9 Å². The van der Waals surface area contributed by atoms with Gasteiger partial charge >= 0.3 is 0 Å². The summed E-state index contributed by atoms with van der Waals surface area (Å²) >= 11 is 0. The molecule has 1 saturated heterocycles. The van der Waals surface area contributed by atoms with Crippen molar-refractivity contribution in [1.29, 1.82) is 0 Å². The molecular weight excluding hydrogens is 224 g/mol. The minimum Gasteiger partial charge on any atom is -0.325 e. The van der Waals surface area contributed by atoms with Gasteiger partial charge < -0.3 is 10.6 Å². The highest BCUT2D eigenvalue weighted by Crippen LogP contribution is 2.13. The molecule has 1 atom stereocenters. The minimum atomic E-state index is 0. The van der Waals surface area contributed by atoms with Crippen LogP contribution in [0.4, 0.5) is 5.69 Å². The third-order valence-corrected chi connectivity index (χ3v) is 2.74. The highest BCUT2D eigenvalue weighted by molar-refractivity contribution is 5.95. The van der Waals surface area contributed by atoms with Gasteiger partial charge in [-0.3, -0.25) is 4.79 Å². The summed E-state index contributed by atoms with van der Waals surface area (Å²) in [7, 11) is 0. The maximum Gasteiger partial charge on any atom is 0.241 e. The average Bonchev–Trinajstić information content (AvgIpc) is 2.15. The molecule has 2 N–H and O–H groups in total. The Balaban J connectivity index is 0.00000128. The maximum atomic E-state index is 11.6. The number of anilines is 1. The first-order valence-electron chi connectivity index (χ1n) is 5.43. The summed E-state index contributed by atoms with van der Waals surface area (Å²) in [4.78, 5) is 11.6. The Kier molecular flexibility index (Phi) is 4.77. The summed E-state index contributed by atoms with van der Waals surface area (Å²) < 4.78 is 0. The third-order valence-electron chi connectivity index (χ3n) is 2.74. The van der Waals surface area contributed by atoms with Crippen LogP contribution in [0.1, 0.15) is 18.9 Å². The molecule has 0 spiro atoms. The molecule has 0 bridgehead atoms. The summed E-state index contributed by atoms with van der Waals surface area (Å²) in [6, 6.07) is 8.00. The van der Waals surface area contributed by atoms with Crippen LogP contribution in [-0.4, -0.2) is 18.5 Å². The van der Waals surface area contributed by atoms with Crippen molar-refractivity contribution in [2.45, 2.75) is 25.8 Å². The number of rotatable bonds is 3. The minimum absolute atomic E-state index is 0. The van der Waals surface area contributed by atoms with Crippen molar-refractivity contribution in [3.63, 3.8) is 0 Å². The predicted molar refractivity (Wildman–Crippen MR) is 68.1 cm³/mol. The van der Waals surface area contributed by atoms with Crippen molar-refractivity contribution in [2.24, 2.45) is 0 Å². The standard InChI is InChI=1S/C12H16N2O.ClH/c1-2-9-4-3-5-10(8-9)14-12(15)11-6-7-13-11;/h3-5,8,11,13H,2,6-7H2,1H3,(H,14,15);1H/t11-;/m1./s1. The van der Waals surface area contributed by atoms with Crippen LogP contribution in [0.3, 0.4) is 0 Å². The molecule has 1 aromatic rings. The molecule has 2 rings (SSSR count). The number of nitrogens with one attached hydrogen (secondary N) is 2. The van der Waals surface area contributed by atoms with Crippen molar-refractivity contribution in [3.8, 4) is 0 Å². The zero-order valence-electron chi connectivity index (χ0n) is 9.32. The summed E-state index contributed by atoms with van der Waals surface area (Å²) in [5.41, 5.74) is 2.14. The summed E-state index contributed by atoms with van der Waals surface area (Å²) in [6.07, 6.45) is 1.94. The largest absolute Gasteiger partial charge is 0.325 e. The van der Waals surface area contributed by atoms with Gasteiger partial charge in [-0.05, 0) is 37.1 Å². The molecule has 88 valence electrons. The fourth-order valence-electron chi connectivity index (χ4n) is 1.61. The lowest BCUT2D eigenvalue weighted by Crippen LogP contribution is -2.50. The molecule has 0 saturated carbocycles. The second-order valence-corrected chi connectivity index (χ2v) is 3.84. The first-order valence-corrected chi connectivity index (χ1v) is 5.43. The Morgan fingerprint density at radius 1 is 1.56 bits per heavy atom. The Morgan fingerprint density at radius 3 is 2.88 bits per heavy atom. The van der Waals surface area contributed by atoms with E-state index in [-0.39, 0.29) is 24.4 Å². The topological polar surface area (TPSA) is 41.1 Å². The van der Waals surface area contributed by atoms with Gasteiger partial charge in [0.05, 0.1) is 6.04 Å². The van der Waals surface area contributed by atoms with E-state index < -0.39 is 0 Å². The molecule has 1 aliphatic rings. The Labute approximate surface area is 102 Å². The molecule has 1 amide bonds. The fourth-order valence-corrected chi connectivity index (χ4v) is 1.61. The molecule has 3 nitrogen and oxygen atoms in total. The lowest BCUT2D eigenvalue weighted by atomic mass is 10.1. The second kappa shape index (κ2) is 5.87. The van der Waals surface area contributed by atoms with Crippen molar-refractivity contribution in [3.05, 3.63) is 29.8 Å². The number of carbonyl (C=O) groups excluding carboxylic acids is 1. The van der Waals surface area contributed by atoms with Crippen LogP contribution in [0.25, 0.3) is 0 Å². The highest BCUT2D eigenvalue weighted by atomic mass is 35.5. The smallest absolute Gasteiger partial charge is 0.241 e. The van der Waals surface area contributed by atoms with Crippen molar-refractivity contribution < 1.29 is 4.79 Å². The lowest BCUT2D eigenvalue weighted by molar-refractivity contribution is -0.119. The summed E-state index contributed by atoms with van der Waals surface area (Å²) in [6.45, 7) is 3.06. The van der Waals surface area contributed by atoms with Crippen LogP contribution < -0.4 is 10.6 Å². The number of halogens is 1. The van der Waals surface area contributed by atoms with Gasteiger partial charge in [-0.15, -0.1) is 12.4 Å². The zero-order valence-corrected chi connectivity index (χ0v) is 10.1. The van der Waals surface area contributed by atoms with Crippen LogP contribution in [0.5, 0.6) is 0 Å². The van der Waals surface area contributed by atoms with Crippen molar-refractivity contribution >= 4 is 24.0 Å². The van der Waals surface area contributed by atoms with Crippen LogP contribution in [0, 0.1) is 0 Å². The molecule has 1 aliphatic heterocycles. The molecule has 1 heterocycles. The van der Waals surface area contributed by atoms with Crippen LogP contribution >= 0.6 is 12.4 Å². The Morgan fingerprint density at radius 2 is 2.31 bits per heavy atom. The van der Waals surface area contributed by atoms with E-state index >= 15 is 0 Å². The molecule has 4 heteroatoms. The summed E-state index contributed by atoms with van der Waals surface area (Å²) in [5.74, 6) is 0.0782. The maximum absolute atomic E-state index is 11.6.